The Labute approximate surface area is 165 Å². The van der Waals surface area contributed by atoms with Gasteiger partial charge >= 0.3 is 0 Å². The van der Waals surface area contributed by atoms with Crippen LogP contribution in [0.1, 0.15) is 36.7 Å². The van der Waals surface area contributed by atoms with Gasteiger partial charge < -0.3 is 15.4 Å². The van der Waals surface area contributed by atoms with E-state index < -0.39 is 0 Å². The Morgan fingerprint density at radius 1 is 1.00 bits per heavy atom. The maximum atomic E-state index is 12.6. The second kappa shape index (κ2) is 8.13. The first-order valence-electron chi connectivity index (χ1n) is 9.15. The number of aromatic nitrogens is 1. The molecule has 3 rings (SSSR count). The van der Waals surface area contributed by atoms with Gasteiger partial charge in [-0.1, -0.05) is 45.0 Å². The number of anilines is 3. The van der Waals surface area contributed by atoms with Crippen LogP contribution in [-0.4, -0.2) is 18.0 Å². The lowest BCUT2D eigenvalue weighted by molar-refractivity contribution is 0.102. The van der Waals surface area contributed by atoms with Crippen molar-refractivity contribution in [1.82, 2.24) is 4.98 Å². The third-order valence-corrected chi connectivity index (χ3v) is 4.35. The van der Waals surface area contributed by atoms with Crippen LogP contribution < -0.4 is 15.4 Å². The lowest BCUT2D eigenvalue weighted by Crippen LogP contribution is -2.14. The Kier molecular flexibility index (Phi) is 5.64. The standard InChI is InChI=1S/C23H25N3O2/c1-23(2,3)19-10-5-6-11-20(19)26-21-14-16(12-13-24-21)22(27)25-17-8-7-9-18(15-17)28-4/h5-15H,1-4H3,(H,24,26)(H,25,27). The van der Waals surface area contributed by atoms with Gasteiger partial charge in [-0.2, -0.15) is 0 Å². The number of methoxy groups -OCH3 is 1. The predicted molar refractivity (Wildman–Crippen MR) is 114 cm³/mol. The molecule has 0 saturated carbocycles. The van der Waals surface area contributed by atoms with Gasteiger partial charge in [0.05, 0.1) is 7.11 Å². The quantitative estimate of drug-likeness (QED) is 0.628. The molecule has 2 N–H and O–H groups in total. The van der Waals surface area contributed by atoms with Gasteiger partial charge in [-0.15, -0.1) is 0 Å². The fraction of sp³-hybridized carbons (Fsp3) is 0.217. The summed E-state index contributed by atoms with van der Waals surface area (Å²) in [5, 5.41) is 6.23. The largest absolute Gasteiger partial charge is 0.497 e. The molecule has 0 saturated heterocycles. The first kappa shape index (κ1) is 19.4. The molecular weight excluding hydrogens is 350 g/mol. The second-order valence-corrected chi connectivity index (χ2v) is 7.54. The van der Waals surface area contributed by atoms with Crippen LogP contribution in [0, 0.1) is 0 Å². The molecule has 0 aliphatic carbocycles. The summed E-state index contributed by atoms with van der Waals surface area (Å²) in [4.78, 5) is 17.0. The molecule has 1 amide bonds. The number of carbonyl (C=O) groups is 1. The number of hydrogen-bond acceptors (Lipinski definition) is 4. The van der Waals surface area contributed by atoms with Crippen molar-refractivity contribution in [2.24, 2.45) is 0 Å². The monoisotopic (exact) mass is 375 g/mol. The zero-order valence-corrected chi connectivity index (χ0v) is 16.6. The summed E-state index contributed by atoms with van der Waals surface area (Å²) in [6.07, 6.45) is 1.63. The smallest absolute Gasteiger partial charge is 0.255 e. The van der Waals surface area contributed by atoms with Crippen LogP contribution in [0.3, 0.4) is 0 Å². The Hall–Kier alpha value is -3.34. The van der Waals surface area contributed by atoms with Crippen molar-refractivity contribution in [3.05, 3.63) is 78.0 Å². The summed E-state index contributed by atoms with van der Waals surface area (Å²) in [7, 11) is 1.59. The molecule has 5 heteroatoms. The van der Waals surface area contributed by atoms with Crippen LogP contribution in [0.2, 0.25) is 0 Å². The van der Waals surface area contributed by atoms with E-state index in [-0.39, 0.29) is 11.3 Å². The molecule has 0 radical (unpaired) electrons. The zero-order valence-electron chi connectivity index (χ0n) is 16.6. The minimum absolute atomic E-state index is 0.00898. The lowest BCUT2D eigenvalue weighted by atomic mass is 9.86. The maximum absolute atomic E-state index is 12.6. The van der Waals surface area contributed by atoms with Crippen molar-refractivity contribution in [3.63, 3.8) is 0 Å². The topological polar surface area (TPSA) is 63.2 Å². The third-order valence-electron chi connectivity index (χ3n) is 4.35. The number of rotatable bonds is 5. The van der Waals surface area contributed by atoms with Gasteiger partial charge in [0.15, 0.2) is 0 Å². The van der Waals surface area contributed by atoms with E-state index in [1.54, 1.807) is 31.5 Å². The van der Waals surface area contributed by atoms with Crippen LogP contribution in [0.5, 0.6) is 5.75 Å². The highest BCUT2D eigenvalue weighted by Crippen LogP contribution is 2.31. The second-order valence-electron chi connectivity index (χ2n) is 7.54. The van der Waals surface area contributed by atoms with Crippen molar-refractivity contribution in [3.8, 4) is 5.75 Å². The van der Waals surface area contributed by atoms with E-state index >= 15 is 0 Å². The third kappa shape index (κ3) is 4.68. The molecule has 1 aromatic heterocycles. The molecule has 28 heavy (non-hydrogen) atoms. The maximum Gasteiger partial charge on any atom is 0.255 e. The molecular formula is C23H25N3O2. The Bertz CT molecular complexity index is 977. The first-order chi connectivity index (χ1) is 13.4. The number of nitrogens with zero attached hydrogens (tertiary/aromatic N) is 1. The van der Waals surface area contributed by atoms with Crippen molar-refractivity contribution in [1.29, 1.82) is 0 Å². The van der Waals surface area contributed by atoms with Crippen LogP contribution in [0.15, 0.2) is 66.9 Å². The SMILES string of the molecule is COc1cccc(NC(=O)c2ccnc(Nc3ccccc3C(C)(C)C)c2)c1. The summed E-state index contributed by atoms with van der Waals surface area (Å²) in [6.45, 7) is 6.50. The van der Waals surface area contributed by atoms with E-state index in [1.165, 1.54) is 5.56 Å². The van der Waals surface area contributed by atoms with Crippen molar-refractivity contribution in [2.45, 2.75) is 26.2 Å². The van der Waals surface area contributed by atoms with E-state index in [4.69, 9.17) is 4.74 Å². The summed E-state index contributed by atoms with van der Waals surface area (Å²) in [5.41, 5.74) is 3.35. The number of ether oxygens (including phenoxy) is 1. The normalized spacial score (nSPS) is 11.0. The van der Waals surface area contributed by atoms with E-state index in [9.17, 15) is 4.79 Å². The highest BCUT2D eigenvalue weighted by Gasteiger charge is 2.18. The molecule has 144 valence electrons. The molecule has 0 atom stereocenters. The summed E-state index contributed by atoms with van der Waals surface area (Å²) < 4.78 is 5.19. The minimum Gasteiger partial charge on any atom is -0.497 e. The number of amides is 1. The number of para-hydroxylation sites is 1. The highest BCUT2D eigenvalue weighted by molar-refractivity contribution is 6.04. The van der Waals surface area contributed by atoms with Gasteiger partial charge in [-0.05, 0) is 41.3 Å². The number of hydrogen-bond donors (Lipinski definition) is 2. The molecule has 0 aliphatic rings. The Morgan fingerprint density at radius 3 is 2.54 bits per heavy atom. The Balaban J connectivity index is 1.80. The van der Waals surface area contributed by atoms with Crippen molar-refractivity contribution >= 4 is 23.1 Å². The molecule has 0 spiro atoms. The molecule has 0 aliphatic heterocycles. The number of pyridine rings is 1. The van der Waals surface area contributed by atoms with Gasteiger partial charge in [0.25, 0.3) is 5.91 Å². The van der Waals surface area contributed by atoms with E-state index in [2.05, 4.69) is 42.5 Å². The summed E-state index contributed by atoms with van der Waals surface area (Å²) in [5.74, 6) is 1.10. The van der Waals surface area contributed by atoms with Crippen LogP contribution >= 0.6 is 0 Å². The van der Waals surface area contributed by atoms with Gasteiger partial charge in [0, 0.05) is 29.2 Å². The van der Waals surface area contributed by atoms with Gasteiger partial charge in [-0.3, -0.25) is 4.79 Å². The van der Waals surface area contributed by atoms with Gasteiger partial charge in [0.2, 0.25) is 0 Å². The molecule has 2 aromatic carbocycles. The fourth-order valence-corrected chi connectivity index (χ4v) is 2.93. The van der Waals surface area contributed by atoms with Gasteiger partial charge in [-0.25, -0.2) is 4.98 Å². The molecule has 0 fully saturated rings. The fourth-order valence-electron chi connectivity index (χ4n) is 2.93. The van der Waals surface area contributed by atoms with Crippen LogP contribution in [0.4, 0.5) is 17.2 Å². The average Bonchev–Trinajstić information content (AvgIpc) is 2.68. The molecule has 0 unspecified atom stereocenters. The predicted octanol–water partition coefficient (Wildman–Crippen LogP) is 5.38. The molecule has 0 bridgehead atoms. The summed E-state index contributed by atoms with van der Waals surface area (Å²) >= 11 is 0. The first-order valence-corrected chi connectivity index (χ1v) is 9.15. The number of carbonyl (C=O) groups excluding carboxylic acids is 1. The highest BCUT2D eigenvalue weighted by atomic mass is 16.5. The van der Waals surface area contributed by atoms with Gasteiger partial charge in [0.1, 0.15) is 11.6 Å². The minimum atomic E-state index is -0.206. The van der Waals surface area contributed by atoms with E-state index in [0.717, 1.165) is 5.69 Å². The number of nitrogens with one attached hydrogen (secondary N) is 2. The lowest BCUT2D eigenvalue weighted by Gasteiger charge is -2.23. The zero-order chi connectivity index (χ0) is 20.1. The summed E-state index contributed by atoms with van der Waals surface area (Å²) in [6, 6.07) is 18.8. The van der Waals surface area contributed by atoms with Crippen LogP contribution in [-0.2, 0) is 5.41 Å². The van der Waals surface area contributed by atoms with Crippen molar-refractivity contribution < 1.29 is 9.53 Å². The molecule has 5 nitrogen and oxygen atoms in total. The van der Waals surface area contributed by atoms with Crippen LogP contribution in [0.25, 0.3) is 0 Å². The number of benzene rings is 2. The van der Waals surface area contributed by atoms with Crippen molar-refractivity contribution in [2.75, 3.05) is 17.7 Å². The van der Waals surface area contributed by atoms with E-state index in [1.807, 2.05) is 36.4 Å². The molecule has 1 heterocycles. The van der Waals surface area contributed by atoms with E-state index in [0.29, 0.717) is 22.8 Å². The molecule has 3 aromatic rings. The average molecular weight is 375 g/mol. The Morgan fingerprint density at radius 2 is 1.79 bits per heavy atom.